The molecule has 3 heterocycles. The van der Waals surface area contributed by atoms with Gasteiger partial charge in [-0.1, -0.05) is 11.6 Å². The van der Waals surface area contributed by atoms with Gasteiger partial charge in [0.2, 0.25) is 0 Å². The average Bonchev–Trinajstić information content (AvgIpc) is 2.73. The molecule has 1 fully saturated rings. The highest BCUT2D eigenvalue weighted by molar-refractivity contribution is 6.30. The molecule has 1 atom stereocenters. The summed E-state index contributed by atoms with van der Waals surface area (Å²) in [5.74, 6) is 1.36. The fourth-order valence-corrected chi connectivity index (χ4v) is 2.27. The minimum Gasteiger partial charge on any atom is -0.316 e. The maximum atomic E-state index is 5.92. The van der Waals surface area contributed by atoms with Crippen LogP contribution < -0.4 is 5.32 Å². The number of halogens is 1. The first-order valence-electron chi connectivity index (χ1n) is 5.55. The van der Waals surface area contributed by atoms with E-state index in [1.807, 2.05) is 18.3 Å². The van der Waals surface area contributed by atoms with Crippen LogP contribution in [0.1, 0.15) is 24.6 Å². The third-order valence-electron chi connectivity index (χ3n) is 2.98. The fourth-order valence-electron chi connectivity index (χ4n) is 2.12. The van der Waals surface area contributed by atoms with Crippen molar-refractivity contribution in [1.29, 1.82) is 0 Å². The monoisotopic (exact) mass is 236 g/mol. The molecule has 0 bridgehead atoms. The van der Waals surface area contributed by atoms with Crippen molar-refractivity contribution in [3.8, 4) is 0 Å². The van der Waals surface area contributed by atoms with Crippen LogP contribution in [0.25, 0.3) is 5.65 Å². The summed E-state index contributed by atoms with van der Waals surface area (Å²) in [6, 6.07) is 3.67. The molecular weight excluding hydrogens is 224 g/mol. The summed E-state index contributed by atoms with van der Waals surface area (Å²) in [4.78, 5) is 4.52. The Morgan fingerprint density at radius 1 is 1.50 bits per heavy atom. The Morgan fingerprint density at radius 2 is 2.44 bits per heavy atom. The van der Waals surface area contributed by atoms with Gasteiger partial charge >= 0.3 is 0 Å². The van der Waals surface area contributed by atoms with Crippen molar-refractivity contribution in [2.24, 2.45) is 0 Å². The van der Waals surface area contributed by atoms with Gasteiger partial charge in [0.15, 0.2) is 11.5 Å². The molecule has 0 aromatic carbocycles. The van der Waals surface area contributed by atoms with Crippen molar-refractivity contribution >= 4 is 17.2 Å². The van der Waals surface area contributed by atoms with E-state index >= 15 is 0 Å². The van der Waals surface area contributed by atoms with Crippen LogP contribution >= 0.6 is 11.6 Å². The van der Waals surface area contributed by atoms with Crippen molar-refractivity contribution in [3.05, 3.63) is 29.2 Å². The lowest BCUT2D eigenvalue weighted by Gasteiger charge is -2.19. The number of piperidine rings is 1. The number of nitrogens with zero attached hydrogens (tertiary/aromatic N) is 3. The highest BCUT2D eigenvalue weighted by atomic mass is 35.5. The molecule has 0 aliphatic carbocycles. The molecule has 2 aromatic rings. The first kappa shape index (κ1) is 10.1. The van der Waals surface area contributed by atoms with E-state index in [0.29, 0.717) is 10.9 Å². The molecule has 1 N–H and O–H groups in total. The van der Waals surface area contributed by atoms with E-state index in [1.54, 1.807) is 4.52 Å². The van der Waals surface area contributed by atoms with Crippen molar-refractivity contribution in [2.45, 2.75) is 18.8 Å². The summed E-state index contributed by atoms with van der Waals surface area (Å²) in [6.07, 6.45) is 4.21. The summed E-state index contributed by atoms with van der Waals surface area (Å²) >= 11 is 5.92. The van der Waals surface area contributed by atoms with E-state index in [4.69, 9.17) is 11.6 Å². The molecule has 4 nitrogen and oxygen atoms in total. The molecule has 5 heteroatoms. The number of pyridine rings is 1. The highest BCUT2D eigenvalue weighted by Crippen LogP contribution is 2.21. The van der Waals surface area contributed by atoms with Gasteiger partial charge in [-0.15, -0.1) is 0 Å². The summed E-state index contributed by atoms with van der Waals surface area (Å²) in [5.41, 5.74) is 0.827. The van der Waals surface area contributed by atoms with Crippen LogP contribution in [0, 0.1) is 0 Å². The van der Waals surface area contributed by atoms with E-state index in [1.165, 1.54) is 6.42 Å². The second kappa shape index (κ2) is 4.03. The lowest BCUT2D eigenvalue weighted by Crippen LogP contribution is -2.28. The largest absolute Gasteiger partial charge is 0.316 e. The maximum Gasteiger partial charge on any atom is 0.157 e. The average molecular weight is 237 g/mol. The van der Waals surface area contributed by atoms with Gasteiger partial charge in [-0.25, -0.2) is 9.50 Å². The third-order valence-corrected chi connectivity index (χ3v) is 3.21. The van der Waals surface area contributed by atoms with E-state index < -0.39 is 0 Å². The lowest BCUT2D eigenvalue weighted by molar-refractivity contribution is 0.447. The lowest BCUT2D eigenvalue weighted by atomic mass is 9.99. The first-order valence-corrected chi connectivity index (χ1v) is 5.93. The summed E-state index contributed by atoms with van der Waals surface area (Å²) in [5, 5.41) is 8.56. The van der Waals surface area contributed by atoms with Crippen LogP contribution in [0.5, 0.6) is 0 Å². The van der Waals surface area contributed by atoms with Gasteiger partial charge in [-0.2, -0.15) is 5.10 Å². The van der Waals surface area contributed by atoms with Crippen LogP contribution in [-0.4, -0.2) is 27.7 Å². The number of fused-ring (bicyclic) bond motifs is 1. The topological polar surface area (TPSA) is 42.2 Å². The van der Waals surface area contributed by atoms with E-state index in [9.17, 15) is 0 Å². The smallest absolute Gasteiger partial charge is 0.157 e. The van der Waals surface area contributed by atoms with E-state index in [0.717, 1.165) is 31.0 Å². The minimum atomic E-state index is 0.437. The highest BCUT2D eigenvalue weighted by Gasteiger charge is 2.19. The zero-order valence-corrected chi connectivity index (χ0v) is 9.61. The van der Waals surface area contributed by atoms with Gasteiger partial charge in [0.25, 0.3) is 0 Å². The quantitative estimate of drug-likeness (QED) is 0.822. The molecule has 0 amide bonds. The van der Waals surface area contributed by atoms with Gasteiger partial charge in [0, 0.05) is 29.7 Å². The van der Waals surface area contributed by atoms with Crippen molar-refractivity contribution in [3.63, 3.8) is 0 Å². The molecule has 84 valence electrons. The Hall–Kier alpha value is -1.13. The van der Waals surface area contributed by atoms with Crippen LogP contribution in [0.4, 0.5) is 0 Å². The molecule has 0 spiro atoms. The predicted octanol–water partition coefficient (Wildman–Crippen LogP) is 1.85. The molecular formula is C11H13ClN4. The molecule has 2 aromatic heterocycles. The minimum absolute atomic E-state index is 0.437. The van der Waals surface area contributed by atoms with Crippen LogP contribution in [-0.2, 0) is 0 Å². The van der Waals surface area contributed by atoms with Crippen molar-refractivity contribution < 1.29 is 0 Å². The Bertz CT molecular complexity index is 502. The van der Waals surface area contributed by atoms with Crippen LogP contribution in [0.15, 0.2) is 18.3 Å². The number of rotatable bonds is 1. The fraction of sp³-hybridized carbons (Fsp3) is 0.455. The number of hydrogen-bond donors (Lipinski definition) is 1. The van der Waals surface area contributed by atoms with Gasteiger partial charge in [0.1, 0.15) is 0 Å². The summed E-state index contributed by atoms with van der Waals surface area (Å²) < 4.78 is 1.79. The molecule has 3 rings (SSSR count). The predicted molar refractivity (Wildman–Crippen MR) is 62.8 cm³/mol. The second-order valence-electron chi connectivity index (χ2n) is 4.16. The van der Waals surface area contributed by atoms with Gasteiger partial charge < -0.3 is 5.32 Å². The normalized spacial score (nSPS) is 21.4. The SMILES string of the molecule is Clc1ccn2nc(C3CCCNC3)nc2c1. The first-order chi connectivity index (χ1) is 7.83. The standard InChI is InChI=1S/C11H13ClN4/c12-9-3-5-16-10(6-9)14-11(15-16)8-2-1-4-13-7-8/h3,5-6,8,13H,1-2,4,7H2. The summed E-state index contributed by atoms with van der Waals surface area (Å²) in [6.45, 7) is 2.08. The zero-order valence-electron chi connectivity index (χ0n) is 8.86. The molecule has 0 radical (unpaired) electrons. The maximum absolute atomic E-state index is 5.92. The van der Waals surface area contributed by atoms with Gasteiger partial charge in [-0.3, -0.25) is 0 Å². The number of nitrogens with one attached hydrogen (secondary N) is 1. The van der Waals surface area contributed by atoms with E-state index in [2.05, 4.69) is 15.4 Å². The Balaban J connectivity index is 1.97. The molecule has 1 saturated heterocycles. The summed E-state index contributed by atoms with van der Waals surface area (Å²) in [7, 11) is 0. The zero-order chi connectivity index (χ0) is 11.0. The molecule has 1 unspecified atom stereocenters. The Kier molecular flexibility index (Phi) is 2.53. The number of hydrogen-bond acceptors (Lipinski definition) is 3. The van der Waals surface area contributed by atoms with Crippen molar-refractivity contribution in [1.82, 2.24) is 19.9 Å². The molecule has 1 aliphatic heterocycles. The van der Waals surface area contributed by atoms with Crippen LogP contribution in [0.3, 0.4) is 0 Å². The van der Waals surface area contributed by atoms with Crippen LogP contribution in [0.2, 0.25) is 5.02 Å². The number of aromatic nitrogens is 3. The Morgan fingerprint density at radius 3 is 3.25 bits per heavy atom. The van der Waals surface area contributed by atoms with Crippen molar-refractivity contribution in [2.75, 3.05) is 13.1 Å². The van der Waals surface area contributed by atoms with Gasteiger partial charge in [-0.05, 0) is 25.5 Å². The van der Waals surface area contributed by atoms with E-state index in [-0.39, 0.29) is 0 Å². The molecule has 0 saturated carbocycles. The Labute approximate surface area is 98.6 Å². The third kappa shape index (κ3) is 1.79. The van der Waals surface area contributed by atoms with Gasteiger partial charge in [0.05, 0.1) is 0 Å². The molecule has 16 heavy (non-hydrogen) atoms. The molecule has 1 aliphatic rings. The second-order valence-corrected chi connectivity index (χ2v) is 4.60.